The van der Waals surface area contributed by atoms with Gasteiger partial charge in [-0.25, -0.2) is 0 Å². The Hall–Kier alpha value is -0.780. The Morgan fingerprint density at radius 3 is 2.09 bits per heavy atom. The summed E-state index contributed by atoms with van der Waals surface area (Å²) in [6, 6.07) is 11.3. The summed E-state index contributed by atoms with van der Waals surface area (Å²) in [5.74, 6) is 3.01. The van der Waals surface area contributed by atoms with Gasteiger partial charge in [-0.3, -0.25) is 0 Å². The number of benzene rings is 1. The molecule has 0 aliphatic heterocycles. The maximum atomic E-state index is 2.34. The van der Waals surface area contributed by atoms with Crippen LogP contribution < -0.4 is 0 Å². The van der Waals surface area contributed by atoms with Gasteiger partial charge in [0.2, 0.25) is 0 Å². The van der Waals surface area contributed by atoms with E-state index in [0.29, 0.717) is 0 Å². The predicted octanol–water partition coefficient (Wildman–Crippen LogP) is 6.79. The highest BCUT2D eigenvalue weighted by atomic mass is 14.3. The van der Waals surface area contributed by atoms with Crippen molar-refractivity contribution in [3.05, 3.63) is 35.9 Å². The van der Waals surface area contributed by atoms with E-state index in [2.05, 4.69) is 30.3 Å². The van der Waals surface area contributed by atoms with Crippen molar-refractivity contribution < 1.29 is 0 Å². The van der Waals surface area contributed by atoms with Gasteiger partial charge >= 0.3 is 0 Å². The summed E-state index contributed by atoms with van der Waals surface area (Å²) in [4.78, 5) is 0. The van der Waals surface area contributed by atoms with Crippen LogP contribution in [0.3, 0.4) is 0 Å². The summed E-state index contributed by atoms with van der Waals surface area (Å²) in [5.41, 5.74) is 1.57. The van der Waals surface area contributed by atoms with E-state index in [-0.39, 0.29) is 0 Å². The molecule has 1 unspecified atom stereocenters. The summed E-state index contributed by atoms with van der Waals surface area (Å²) >= 11 is 0. The predicted molar refractivity (Wildman–Crippen MR) is 96.0 cm³/mol. The summed E-state index contributed by atoms with van der Waals surface area (Å²) in [7, 11) is 0. The minimum atomic E-state index is 0.949. The molecule has 0 bridgehead atoms. The number of hydrogen-bond donors (Lipinski definition) is 0. The fourth-order valence-electron chi connectivity index (χ4n) is 4.95. The summed E-state index contributed by atoms with van der Waals surface area (Å²) in [6.45, 7) is 0. The van der Waals surface area contributed by atoms with E-state index in [1.54, 1.807) is 5.56 Å². The topological polar surface area (TPSA) is 0 Å². The van der Waals surface area contributed by atoms with Gasteiger partial charge in [0.05, 0.1) is 0 Å². The molecule has 0 heteroatoms. The molecule has 122 valence electrons. The monoisotopic (exact) mass is 298 g/mol. The second-order valence-corrected chi connectivity index (χ2v) is 7.93. The first kappa shape index (κ1) is 16.1. The van der Waals surface area contributed by atoms with Crippen molar-refractivity contribution in [2.75, 3.05) is 0 Å². The van der Waals surface area contributed by atoms with Gasteiger partial charge < -0.3 is 0 Å². The Morgan fingerprint density at radius 1 is 0.773 bits per heavy atom. The lowest BCUT2D eigenvalue weighted by molar-refractivity contribution is 0.211. The third-order valence-electron chi connectivity index (χ3n) is 6.33. The van der Waals surface area contributed by atoms with Crippen LogP contribution in [-0.4, -0.2) is 0 Å². The molecular weight excluding hydrogens is 264 g/mol. The SMILES string of the molecule is c1ccc(CC(CCC2CCCCC2)C2CCCCC2)cc1. The van der Waals surface area contributed by atoms with E-state index >= 15 is 0 Å². The van der Waals surface area contributed by atoms with Gasteiger partial charge in [0.25, 0.3) is 0 Å². The van der Waals surface area contributed by atoms with E-state index in [0.717, 1.165) is 17.8 Å². The molecule has 22 heavy (non-hydrogen) atoms. The summed E-state index contributed by atoms with van der Waals surface area (Å²) in [5, 5.41) is 0. The molecule has 0 spiro atoms. The van der Waals surface area contributed by atoms with E-state index in [9.17, 15) is 0 Å². The third kappa shape index (κ3) is 4.86. The molecule has 0 radical (unpaired) electrons. The second kappa shape index (κ2) is 8.75. The van der Waals surface area contributed by atoms with Crippen LogP contribution in [-0.2, 0) is 6.42 Å². The summed E-state index contributed by atoms with van der Waals surface area (Å²) < 4.78 is 0. The van der Waals surface area contributed by atoms with Gasteiger partial charge in [0.15, 0.2) is 0 Å². The lowest BCUT2D eigenvalue weighted by Gasteiger charge is -2.32. The Bertz CT molecular complexity index is 395. The van der Waals surface area contributed by atoms with Crippen LogP contribution in [0.15, 0.2) is 30.3 Å². The Balaban J connectivity index is 1.57. The number of rotatable bonds is 6. The molecular formula is C22H34. The Kier molecular flexibility index (Phi) is 6.40. The molecule has 3 rings (SSSR count). The molecule has 1 aromatic rings. The second-order valence-electron chi connectivity index (χ2n) is 7.93. The molecule has 2 saturated carbocycles. The van der Waals surface area contributed by atoms with Crippen molar-refractivity contribution in [3.8, 4) is 0 Å². The Morgan fingerprint density at radius 2 is 1.41 bits per heavy atom. The molecule has 2 aliphatic rings. The van der Waals surface area contributed by atoms with E-state index < -0.39 is 0 Å². The Labute approximate surface area is 137 Å². The molecule has 0 aromatic heterocycles. The van der Waals surface area contributed by atoms with Crippen LogP contribution in [0.1, 0.15) is 82.6 Å². The average Bonchev–Trinajstić information content (AvgIpc) is 2.61. The fourth-order valence-corrected chi connectivity index (χ4v) is 4.95. The van der Waals surface area contributed by atoms with E-state index in [1.807, 2.05) is 0 Å². The van der Waals surface area contributed by atoms with Crippen molar-refractivity contribution in [1.82, 2.24) is 0 Å². The molecule has 2 aliphatic carbocycles. The van der Waals surface area contributed by atoms with Crippen LogP contribution in [0.2, 0.25) is 0 Å². The summed E-state index contributed by atoms with van der Waals surface area (Å²) in [6.07, 6.45) is 19.3. The largest absolute Gasteiger partial charge is 0.0622 e. The lowest BCUT2D eigenvalue weighted by Crippen LogP contribution is -2.21. The van der Waals surface area contributed by atoms with Crippen molar-refractivity contribution in [1.29, 1.82) is 0 Å². The smallest absolute Gasteiger partial charge is 0.0248 e. The zero-order valence-electron chi connectivity index (χ0n) is 14.3. The maximum Gasteiger partial charge on any atom is -0.0248 e. The van der Waals surface area contributed by atoms with Crippen molar-refractivity contribution in [2.24, 2.45) is 17.8 Å². The van der Waals surface area contributed by atoms with Gasteiger partial charge in [-0.15, -0.1) is 0 Å². The molecule has 0 nitrogen and oxygen atoms in total. The fraction of sp³-hybridized carbons (Fsp3) is 0.727. The minimum Gasteiger partial charge on any atom is -0.0622 e. The van der Waals surface area contributed by atoms with Crippen molar-refractivity contribution in [3.63, 3.8) is 0 Å². The molecule has 0 saturated heterocycles. The average molecular weight is 299 g/mol. The van der Waals surface area contributed by atoms with Crippen LogP contribution in [0.25, 0.3) is 0 Å². The first-order valence-electron chi connectivity index (χ1n) is 9.96. The normalized spacial score (nSPS) is 22.5. The lowest BCUT2D eigenvalue weighted by atomic mass is 9.73. The van der Waals surface area contributed by atoms with Gasteiger partial charge in [-0.2, -0.15) is 0 Å². The molecule has 2 fully saturated rings. The highest BCUT2D eigenvalue weighted by Gasteiger charge is 2.25. The van der Waals surface area contributed by atoms with Crippen molar-refractivity contribution in [2.45, 2.75) is 83.5 Å². The van der Waals surface area contributed by atoms with Crippen LogP contribution in [0, 0.1) is 17.8 Å². The van der Waals surface area contributed by atoms with E-state index in [1.165, 1.54) is 83.5 Å². The van der Waals surface area contributed by atoms with Crippen LogP contribution in [0.5, 0.6) is 0 Å². The van der Waals surface area contributed by atoms with Crippen LogP contribution >= 0.6 is 0 Å². The highest BCUT2D eigenvalue weighted by molar-refractivity contribution is 5.15. The van der Waals surface area contributed by atoms with Crippen LogP contribution in [0.4, 0.5) is 0 Å². The molecule has 0 amide bonds. The first-order valence-corrected chi connectivity index (χ1v) is 9.96. The van der Waals surface area contributed by atoms with Gasteiger partial charge in [-0.05, 0) is 36.2 Å². The minimum absolute atomic E-state index is 0.949. The van der Waals surface area contributed by atoms with Gasteiger partial charge in [-0.1, -0.05) is 101 Å². The highest BCUT2D eigenvalue weighted by Crippen LogP contribution is 2.37. The maximum absolute atomic E-state index is 2.34. The molecule has 0 N–H and O–H groups in total. The van der Waals surface area contributed by atoms with Gasteiger partial charge in [0.1, 0.15) is 0 Å². The van der Waals surface area contributed by atoms with Gasteiger partial charge in [0, 0.05) is 0 Å². The third-order valence-corrected chi connectivity index (χ3v) is 6.33. The van der Waals surface area contributed by atoms with Crippen molar-refractivity contribution >= 4 is 0 Å². The molecule has 0 heterocycles. The quantitative estimate of drug-likeness (QED) is 0.542. The zero-order chi connectivity index (χ0) is 15.0. The van der Waals surface area contributed by atoms with E-state index in [4.69, 9.17) is 0 Å². The molecule has 1 aromatic carbocycles. The zero-order valence-corrected chi connectivity index (χ0v) is 14.3. The standard InChI is InChI=1S/C22H34/c1-4-10-19(11-5-1)16-17-22(21-14-8-3-9-15-21)18-20-12-6-2-7-13-20/h2,6-7,12-13,19,21-22H,1,3-5,8-11,14-18H2. The molecule has 1 atom stereocenters. The first-order chi connectivity index (χ1) is 10.9. The number of hydrogen-bond acceptors (Lipinski definition) is 0.